The van der Waals surface area contributed by atoms with Crippen LogP contribution in [0.1, 0.15) is 58.6 Å². The summed E-state index contributed by atoms with van der Waals surface area (Å²) in [5.41, 5.74) is 0.836. The highest BCUT2D eigenvalue weighted by molar-refractivity contribution is 5.35. The van der Waals surface area contributed by atoms with Crippen molar-refractivity contribution in [3.63, 3.8) is 0 Å². The molecule has 2 N–H and O–H groups in total. The summed E-state index contributed by atoms with van der Waals surface area (Å²) >= 11 is 0. The normalized spacial score (nSPS) is 20.6. The van der Waals surface area contributed by atoms with E-state index in [1.165, 1.54) is 0 Å². The molecule has 1 saturated carbocycles. The highest BCUT2D eigenvalue weighted by Crippen LogP contribution is 2.40. The van der Waals surface area contributed by atoms with Crippen molar-refractivity contribution in [3.05, 3.63) is 18.1 Å². The monoisotopic (exact) mass is 277 g/mol. The SMILES string of the molecule is CCCc1cc(NCC2(O)CCC(C)(C)CC2)ncn1. The molecule has 0 aromatic carbocycles. The second-order valence-corrected chi connectivity index (χ2v) is 6.89. The first-order valence-electron chi connectivity index (χ1n) is 7.70. The largest absolute Gasteiger partial charge is 0.388 e. The lowest BCUT2D eigenvalue weighted by Gasteiger charge is -2.40. The molecule has 0 unspecified atom stereocenters. The van der Waals surface area contributed by atoms with Crippen LogP contribution in [0.15, 0.2) is 12.4 Å². The van der Waals surface area contributed by atoms with E-state index in [2.05, 4.69) is 36.1 Å². The maximum atomic E-state index is 10.6. The molecule has 1 aromatic rings. The van der Waals surface area contributed by atoms with Gasteiger partial charge in [-0.05, 0) is 37.5 Å². The number of aliphatic hydroxyl groups is 1. The van der Waals surface area contributed by atoms with Gasteiger partial charge in [0.25, 0.3) is 0 Å². The van der Waals surface area contributed by atoms with Crippen LogP contribution in [-0.4, -0.2) is 27.2 Å². The van der Waals surface area contributed by atoms with E-state index < -0.39 is 5.60 Å². The zero-order valence-corrected chi connectivity index (χ0v) is 12.9. The number of nitrogens with zero attached hydrogens (tertiary/aromatic N) is 2. The molecule has 1 aliphatic rings. The van der Waals surface area contributed by atoms with E-state index >= 15 is 0 Å². The predicted octanol–water partition coefficient (Wildman–Crippen LogP) is 3.17. The minimum atomic E-state index is -0.592. The van der Waals surface area contributed by atoms with Crippen LogP contribution >= 0.6 is 0 Å². The van der Waals surface area contributed by atoms with Crippen LogP contribution in [-0.2, 0) is 6.42 Å². The van der Waals surface area contributed by atoms with Crippen LogP contribution in [0.5, 0.6) is 0 Å². The number of nitrogens with one attached hydrogen (secondary N) is 1. The summed E-state index contributed by atoms with van der Waals surface area (Å²) < 4.78 is 0. The molecule has 2 rings (SSSR count). The maximum absolute atomic E-state index is 10.6. The average molecular weight is 277 g/mol. The molecule has 0 spiro atoms. The van der Waals surface area contributed by atoms with Crippen LogP contribution < -0.4 is 5.32 Å². The summed E-state index contributed by atoms with van der Waals surface area (Å²) in [5, 5.41) is 13.9. The molecule has 20 heavy (non-hydrogen) atoms. The Morgan fingerprint density at radius 2 is 1.90 bits per heavy atom. The molecule has 0 saturated heterocycles. The first-order chi connectivity index (χ1) is 9.42. The lowest BCUT2D eigenvalue weighted by atomic mass is 9.71. The quantitative estimate of drug-likeness (QED) is 0.868. The van der Waals surface area contributed by atoms with Gasteiger partial charge in [-0.2, -0.15) is 0 Å². The van der Waals surface area contributed by atoms with E-state index in [0.717, 1.165) is 50.0 Å². The molecule has 0 atom stereocenters. The summed E-state index contributed by atoms with van der Waals surface area (Å²) in [6, 6.07) is 1.99. The van der Waals surface area contributed by atoms with E-state index in [9.17, 15) is 5.11 Å². The smallest absolute Gasteiger partial charge is 0.129 e. The van der Waals surface area contributed by atoms with Gasteiger partial charge < -0.3 is 10.4 Å². The van der Waals surface area contributed by atoms with Gasteiger partial charge in [-0.15, -0.1) is 0 Å². The molecule has 1 aliphatic carbocycles. The second kappa shape index (κ2) is 6.08. The fraction of sp³-hybridized carbons (Fsp3) is 0.750. The Kier molecular flexibility index (Phi) is 4.63. The van der Waals surface area contributed by atoms with Gasteiger partial charge in [0.05, 0.1) is 5.60 Å². The molecule has 0 bridgehead atoms. The van der Waals surface area contributed by atoms with Gasteiger partial charge in [-0.25, -0.2) is 9.97 Å². The third kappa shape index (κ3) is 4.17. The van der Waals surface area contributed by atoms with Crippen molar-refractivity contribution in [1.82, 2.24) is 9.97 Å². The molecule has 0 amide bonds. The Hall–Kier alpha value is -1.16. The van der Waals surface area contributed by atoms with Crippen LogP contribution in [0.3, 0.4) is 0 Å². The summed E-state index contributed by atoms with van der Waals surface area (Å²) in [6.45, 7) is 7.27. The van der Waals surface area contributed by atoms with Crippen LogP contribution in [0.2, 0.25) is 0 Å². The fourth-order valence-electron chi connectivity index (χ4n) is 2.71. The number of hydrogen-bond donors (Lipinski definition) is 2. The van der Waals surface area contributed by atoms with E-state index in [4.69, 9.17) is 0 Å². The van der Waals surface area contributed by atoms with Crippen LogP contribution in [0.25, 0.3) is 0 Å². The van der Waals surface area contributed by atoms with Crippen molar-refractivity contribution in [2.45, 2.75) is 64.9 Å². The van der Waals surface area contributed by atoms with Crippen molar-refractivity contribution < 1.29 is 5.11 Å². The topological polar surface area (TPSA) is 58.0 Å². The number of aromatic nitrogens is 2. The van der Waals surface area contributed by atoms with Gasteiger partial charge in [-0.3, -0.25) is 0 Å². The molecular weight excluding hydrogens is 250 g/mol. The van der Waals surface area contributed by atoms with Gasteiger partial charge >= 0.3 is 0 Å². The number of hydrogen-bond acceptors (Lipinski definition) is 4. The average Bonchev–Trinajstić information content (AvgIpc) is 2.42. The first kappa shape index (κ1) is 15.2. The van der Waals surface area contributed by atoms with Crippen molar-refractivity contribution in [2.75, 3.05) is 11.9 Å². The van der Waals surface area contributed by atoms with E-state index in [-0.39, 0.29) is 0 Å². The zero-order chi connectivity index (χ0) is 14.6. The zero-order valence-electron chi connectivity index (χ0n) is 12.9. The van der Waals surface area contributed by atoms with Crippen molar-refractivity contribution >= 4 is 5.82 Å². The molecule has 0 radical (unpaired) electrons. The summed E-state index contributed by atoms with van der Waals surface area (Å²) in [4.78, 5) is 8.48. The van der Waals surface area contributed by atoms with Gasteiger partial charge in [0.15, 0.2) is 0 Å². The Morgan fingerprint density at radius 1 is 1.20 bits per heavy atom. The molecule has 0 aliphatic heterocycles. The fourth-order valence-corrected chi connectivity index (χ4v) is 2.71. The number of aryl methyl sites for hydroxylation is 1. The van der Waals surface area contributed by atoms with Crippen molar-refractivity contribution in [3.8, 4) is 0 Å². The van der Waals surface area contributed by atoms with E-state index in [1.807, 2.05) is 6.07 Å². The van der Waals surface area contributed by atoms with Crippen LogP contribution in [0.4, 0.5) is 5.82 Å². The first-order valence-corrected chi connectivity index (χ1v) is 7.70. The Balaban J connectivity index is 1.90. The Labute approximate surface area is 122 Å². The van der Waals surface area contributed by atoms with Crippen LogP contribution in [0, 0.1) is 5.41 Å². The third-order valence-electron chi connectivity index (χ3n) is 4.36. The summed E-state index contributed by atoms with van der Waals surface area (Å²) in [5.74, 6) is 0.821. The van der Waals surface area contributed by atoms with Gasteiger partial charge in [0.2, 0.25) is 0 Å². The lowest BCUT2D eigenvalue weighted by molar-refractivity contribution is -0.0145. The minimum absolute atomic E-state index is 0.370. The molecular formula is C16H27N3O. The number of rotatable bonds is 5. The molecule has 4 heteroatoms. The van der Waals surface area contributed by atoms with Gasteiger partial charge in [-0.1, -0.05) is 27.2 Å². The third-order valence-corrected chi connectivity index (χ3v) is 4.36. The molecule has 1 heterocycles. The standard InChI is InChI=1S/C16H27N3O/c1-4-5-13-10-14(19-12-18-13)17-11-16(20)8-6-15(2,3)7-9-16/h10,12,20H,4-9,11H2,1-3H3,(H,17,18,19). The minimum Gasteiger partial charge on any atom is -0.388 e. The van der Waals surface area contributed by atoms with Crippen molar-refractivity contribution in [2.24, 2.45) is 5.41 Å². The van der Waals surface area contributed by atoms with E-state index in [0.29, 0.717) is 12.0 Å². The molecule has 4 nitrogen and oxygen atoms in total. The molecule has 1 fully saturated rings. The Bertz CT molecular complexity index is 435. The van der Waals surface area contributed by atoms with E-state index in [1.54, 1.807) is 6.33 Å². The lowest BCUT2D eigenvalue weighted by Crippen LogP contribution is -2.42. The molecule has 1 aromatic heterocycles. The van der Waals surface area contributed by atoms with Gasteiger partial charge in [0.1, 0.15) is 12.1 Å². The van der Waals surface area contributed by atoms with Gasteiger partial charge in [0, 0.05) is 18.3 Å². The molecule has 112 valence electrons. The summed E-state index contributed by atoms with van der Waals surface area (Å²) in [6.07, 6.45) is 7.53. The summed E-state index contributed by atoms with van der Waals surface area (Å²) in [7, 11) is 0. The van der Waals surface area contributed by atoms with Crippen molar-refractivity contribution in [1.29, 1.82) is 0 Å². The maximum Gasteiger partial charge on any atom is 0.129 e. The highest BCUT2D eigenvalue weighted by Gasteiger charge is 2.36. The predicted molar refractivity (Wildman–Crippen MR) is 81.7 cm³/mol. The number of anilines is 1. The second-order valence-electron chi connectivity index (χ2n) is 6.89. The highest BCUT2D eigenvalue weighted by atomic mass is 16.3. The Morgan fingerprint density at radius 3 is 2.55 bits per heavy atom.